The molecule has 5 heteroatoms. The van der Waals surface area contributed by atoms with Gasteiger partial charge in [-0.15, -0.1) is 6.42 Å². The van der Waals surface area contributed by atoms with Gasteiger partial charge in [0, 0.05) is 18.7 Å². The molecule has 1 aromatic rings. The van der Waals surface area contributed by atoms with Crippen LogP contribution >= 0.6 is 0 Å². The smallest absolute Gasteiger partial charge is 0.410 e. The molecular formula is C13H14N2O3. The second-order valence-electron chi connectivity index (χ2n) is 3.95. The van der Waals surface area contributed by atoms with E-state index >= 15 is 0 Å². The molecule has 0 unspecified atom stereocenters. The molecule has 1 aliphatic rings. The highest BCUT2D eigenvalue weighted by Gasteiger charge is 2.36. The first-order valence-corrected chi connectivity index (χ1v) is 5.63. The van der Waals surface area contributed by atoms with E-state index < -0.39 is 6.09 Å². The number of hydrogen-bond acceptors (Lipinski definition) is 4. The molecule has 2 heterocycles. The van der Waals surface area contributed by atoms with Crippen molar-refractivity contribution in [3.63, 3.8) is 0 Å². The summed E-state index contributed by atoms with van der Waals surface area (Å²) in [6, 6.07) is 5.14. The van der Waals surface area contributed by atoms with Crippen LogP contribution in [0.2, 0.25) is 0 Å². The monoisotopic (exact) mass is 246 g/mol. The fourth-order valence-electron chi connectivity index (χ4n) is 1.95. The number of rotatable bonds is 2. The number of carbonyl (C=O) groups is 1. The van der Waals surface area contributed by atoms with E-state index in [1.807, 2.05) is 12.1 Å². The Kier molecular flexibility index (Phi) is 3.68. The molecule has 18 heavy (non-hydrogen) atoms. The molecule has 0 saturated carbocycles. The van der Waals surface area contributed by atoms with E-state index in [0.717, 1.165) is 0 Å². The van der Waals surface area contributed by atoms with Crippen molar-refractivity contribution >= 4 is 6.09 Å². The Labute approximate surface area is 106 Å². The molecule has 2 rings (SSSR count). The van der Waals surface area contributed by atoms with Crippen LogP contribution in [0.15, 0.2) is 24.4 Å². The van der Waals surface area contributed by atoms with Gasteiger partial charge in [-0.3, -0.25) is 4.90 Å². The molecular weight excluding hydrogens is 232 g/mol. The van der Waals surface area contributed by atoms with Gasteiger partial charge in [0.2, 0.25) is 5.88 Å². The van der Waals surface area contributed by atoms with Crippen molar-refractivity contribution in [3.05, 3.63) is 24.4 Å². The Morgan fingerprint density at radius 1 is 1.61 bits per heavy atom. The first-order chi connectivity index (χ1) is 8.74. The quantitative estimate of drug-likeness (QED) is 0.738. The van der Waals surface area contributed by atoms with Crippen LogP contribution in [0.1, 0.15) is 6.42 Å². The summed E-state index contributed by atoms with van der Waals surface area (Å²) in [5.74, 6) is 3.10. The normalized spacial score (nSPS) is 22.3. The number of hydrogen-bond donors (Lipinski definition) is 0. The van der Waals surface area contributed by atoms with Crippen molar-refractivity contribution in [2.24, 2.45) is 0 Å². The second-order valence-corrected chi connectivity index (χ2v) is 3.95. The standard InChI is InChI=1S/C13H14N2O3/c1-3-10-8-11(9-15(10)13(16)17-2)18-12-6-4-5-7-14-12/h1,4-7,10-11H,8-9H2,2H3/t10-,11-/m0/s1. The zero-order chi connectivity index (χ0) is 13.0. The van der Waals surface area contributed by atoms with Crippen LogP contribution in [0.3, 0.4) is 0 Å². The van der Waals surface area contributed by atoms with Gasteiger partial charge in [0.1, 0.15) is 6.10 Å². The van der Waals surface area contributed by atoms with E-state index in [9.17, 15) is 4.79 Å². The number of terminal acetylenes is 1. The van der Waals surface area contributed by atoms with Gasteiger partial charge in [-0.05, 0) is 6.07 Å². The summed E-state index contributed by atoms with van der Waals surface area (Å²) in [4.78, 5) is 17.1. The summed E-state index contributed by atoms with van der Waals surface area (Å²) >= 11 is 0. The topological polar surface area (TPSA) is 51.7 Å². The number of ether oxygens (including phenoxy) is 2. The highest BCUT2D eigenvalue weighted by Crippen LogP contribution is 2.22. The molecule has 1 aromatic heterocycles. The average molecular weight is 246 g/mol. The minimum Gasteiger partial charge on any atom is -0.472 e. The predicted molar refractivity (Wildman–Crippen MR) is 65.0 cm³/mol. The lowest BCUT2D eigenvalue weighted by Gasteiger charge is -2.18. The molecule has 1 aliphatic heterocycles. The maximum Gasteiger partial charge on any atom is 0.410 e. The molecule has 1 amide bonds. The Morgan fingerprint density at radius 3 is 3.06 bits per heavy atom. The van der Waals surface area contributed by atoms with Crippen molar-refractivity contribution in [1.82, 2.24) is 9.88 Å². The van der Waals surface area contributed by atoms with Crippen molar-refractivity contribution in [1.29, 1.82) is 0 Å². The Morgan fingerprint density at radius 2 is 2.44 bits per heavy atom. The molecule has 0 radical (unpaired) electrons. The first-order valence-electron chi connectivity index (χ1n) is 5.63. The number of amides is 1. The van der Waals surface area contributed by atoms with E-state index in [2.05, 4.69) is 15.6 Å². The maximum absolute atomic E-state index is 11.5. The van der Waals surface area contributed by atoms with Crippen molar-refractivity contribution in [3.8, 4) is 18.2 Å². The van der Waals surface area contributed by atoms with Crippen LogP contribution in [0.4, 0.5) is 4.79 Å². The Balaban J connectivity index is 2.01. The minimum atomic E-state index is -0.426. The van der Waals surface area contributed by atoms with E-state index in [0.29, 0.717) is 18.8 Å². The van der Waals surface area contributed by atoms with Crippen LogP contribution in [-0.4, -0.2) is 41.8 Å². The lowest BCUT2D eigenvalue weighted by atomic mass is 10.2. The van der Waals surface area contributed by atoms with Crippen LogP contribution in [-0.2, 0) is 4.74 Å². The molecule has 0 aliphatic carbocycles. The summed E-state index contributed by atoms with van der Waals surface area (Å²) in [5.41, 5.74) is 0. The number of pyridine rings is 1. The molecule has 0 spiro atoms. The van der Waals surface area contributed by atoms with E-state index in [-0.39, 0.29) is 12.1 Å². The fraction of sp³-hybridized carbons (Fsp3) is 0.385. The number of likely N-dealkylation sites (tertiary alicyclic amines) is 1. The summed E-state index contributed by atoms with van der Waals surface area (Å²) in [6.45, 7) is 0.415. The lowest BCUT2D eigenvalue weighted by Crippen LogP contribution is -2.35. The number of methoxy groups -OCH3 is 1. The van der Waals surface area contributed by atoms with Crippen LogP contribution in [0.25, 0.3) is 0 Å². The van der Waals surface area contributed by atoms with Crippen molar-refractivity contribution < 1.29 is 14.3 Å². The molecule has 94 valence electrons. The summed E-state index contributed by atoms with van der Waals surface area (Å²) in [5, 5.41) is 0. The fourth-order valence-corrected chi connectivity index (χ4v) is 1.95. The van der Waals surface area contributed by atoms with E-state index in [1.165, 1.54) is 12.0 Å². The molecule has 0 aromatic carbocycles. The van der Waals surface area contributed by atoms with Gasteiger partial charge in [-0.25, -0.2) is 9.78 Å². The number of carbonyl (C=O) groups excluding carboxylic acids is 1. The molecule has 1 fully saturated rings. The first kappa shape index (κ1) is 12.2. The molecule has 5 nitrogen and oxygen atoms in total. The van der Waals surface area contributed by atoms with Gasteiger partial charge in [-0.2, -0.15) is 0 Å². The van der Waals surface area contributed by atoms with Crippen LogP contribution in [0, 0.1) is 12.3 Å². The Bertz CT molecular complexity index is 455. The maximum atomic E-state index is 11.5. The van der Waals surface area contributed by atoms with Crippen molar-refractivity contribution in [2.75, 3.05) is 13.7 Å². The predicted octanol–water partition coefficient (Wildman–Crippen LogP) is 1.30. The highest BCUT2D eigenvalue weighted by molar-refractivity contribution is 5.69. The minimum absolute atomic E-state index is 0.153. The summed E-state index contributed by atoms with van der Waals surface area (Å²) in [6.07, 6.45) is 7.06. The van der Waals surface area contributed by atoms with Gasteiger partial charge in [0.15, 0.2) is 0 Å². The number of aromatic nitrogens is 1. The van der Waals surface area contributed by atoms with Crippen LogP contribution < -0.4 is 4.74 Å². The average Bonchev–Trinajstić information content (AvgIpc) is 2.82. The van der Waals surface area contributed by atoms with Crippen LogP contribution in [0.5, 0.6) is 5.88 Å². The SMILES string of the molecule is C#C[C@H]1C[C@H](Oc2ccccn2)CN1C(=O)OC. The van der Waals surface area contributed by atoms with Crippen molar-refractivity contribution in [2.45, 2.75) is 18.6 Å². The molecule has 0 bridgehead atoms. The second kappa shape index (κ2) is 5.41. The molecule has 0 N–H and O–H groups in total. The largest absolute Gasteiger partial charge is 0.472 e. The zero-order valence-electron chi connectivity index (χ0n) is 10.1. The third-order valence-corrected chi connectivity index (χ3v) is 2.79. The van der Waals surface area contributed by atoms with E-state index in [4.69, 9.17) is 11.2 Å². The molecule has 1 saturated heterocycles. The summed E-state index contributed by atoms with van der Waals surface area (Å²) in [7, 11) is 1.34. The number of nitrogens with zero attached hydrogens (tertiary/aromatic N) is 2. The third-order valence-electron chi connectivity index (χ3n) is 2.79. The molecule has 2 atom stereocenters. The third kappa shape index (κ3) is 2.54. The lowest BCUT2D eigenvalue weighted by molar-refractivity contribution is 0.120. The van der Waals surface area contributed by atoms with Gasteiger partial charge in [-0.1, -0.05) is 12.0 Å². The van der Waals surface area contributed by atoms with Gasteiger partial charge < -0.3 is 9.47 Å². The highest BCUT2D eigenvalue weighted by atomic mass is 16.5. The summed E-state index contributed by atoms with van der Waals surface area (Å²) < 4.78 is 10.4. The van der Waals surface area contributed by atoms with E-state index in [1.54, 1.807) is 12.3 Å². The zero-order valence-corrected chi connectivity index (χ0v) is 10.1. The Hall–Kier alpha value is -2.22. The van der Waals surface area contributed by atoms with Gasteiger partial charge in [0.25, 0.3) is 0 Å². The van der Waals surface area contributed by atoms with Gasteiger partial charge >= 0.3 is 6.09 Å². The van der Waals surface area contributed by atoms with Gasteiger partial charge in [0.05, 0.1) is 19.7 Å².